The van der Waals surface area contributed by atoms with Crippen LogP contribution >= 0.6 is 23.4 Å². The third-order valence-electron chi connectivity index (χ3n) is 2.22. The van der Waals surface area contributed by atoms with Gasteiger partial charge in [0.15, 0.2) is 5.16 Å². The fraction of sp³-hybridized carbons (Fsp3) is 0.500. The van der Waals surface area contributed by atoms with Crippen LogP contribution in [0.4, 0.5) is 0 Å². The van der Waals surface area contributed by atoms with Gasteiger partial charge in [0.25, 0.3) is 0 Å². The van der Waals surface area contributed by atoms with E-state index in [0.717, 1.165) is 0 Å². The molecule has 0 bridgehead atoms. The van der Waals surface area contributed by atoms with Gasteiger partial charge < -0.3 is 14.9 Å². The van der Waals surface area contributed by atoms with E-state index in [4.69, 9.17) is 11.6 Å². The Bertz CT molecular complexity index is 432. The van der Waals surface area contributed by atoms with Crippen molar-refractivity contribution in [3.63, 3.8) is 0 Å². The Morgan fingerprint density at radius 3 is 2.78 bits per heavy atom. The van der Waals surface area contributed by atoms with Crippen LogP contribution in [0.1, 0.15) is 18.1 Å². The van der Waals surface area contributed by atoms with E-state index >= 15 is 0 Å². The Hall–Kier alpha value is -0.890. The van der Waals surface area contributed by atoms with Gasteiger partial charge in [-0.25, -0.2) is 9.97 Å². The molecule has 0 saturated carbocycles. The molecule has 0 aliphatic carbocycles. The predicted molar refractivity (Wildman–Crippen MR) is 66.4 cm³/mol. The highest BCUT2D eigenvalue weighted by molar-refractivity contribution is 7.98. The first-order chi connectivity index (χ1) is 8.49. The number of hydrogen-bond acceptors (Lipinski definition) is 7. The van der Waals surface area contributed by atoms with E-state index in [1.54, 1.807) is 6.26 Å². The van der Waals surface area contributed by atoms with E-state index in [1.165, 1.54) is 25.1 Å². The number of carbonyl (C=O) groups excluding carboxylic acids is 1. The molecule has 0 spiro atoms. The average Bonchev–Trinajstić information content (AvgIpc) is 2.37. The minimum absolute atomic E-state index is 0.0470. The maximum atomic E-state index is 11.0. The molecule has 0 fully saturated rings. The molecule has 1 heterocycles. The van der Waals surface area contributed by atoms with Crippen LogP contribution in [-0.2, 0) is 9.53 Å². The first-order valence-corrected chi connectivity index (χ1v) is 6.59. The highest BCUT2D eigenvalue weighted by Gasteiger charge is 2.24. The zero-order valence-electron chi connectivity index (χ0n) is 9.83. The second-order valence-corrected chi connectivity index (χ2v) is 4.53. The number of halogens is 1. The van der Waals surface area contributed by atoms with Crippen LogP contribution in [0.2, 0.25) is 5.15 Å². The lowest BCUT2D eigenvalue weighted by molar-refractivity contribution is -0.144. The number of aliphatic hydroxyl groups excluding tert-OH is 2. The van der Waals surface area contributed by atoms with E-state index in [2.05, 4.69) is 14.7 Å². The summed E-state index contributed by atoms with van der Waals surface area (Å²) in [5, 5.41) is 20.0. The number of ether oxygens (including phenoxy) is 1. The maximum absolute atomic E-state index is 11.0. The number of aliphatic hydroxyl groups is 2. The largest absolute Gasteiger partial charge is 0.469 e. The number of nitrogens with zero attached hydrogens (tertiary/aromatic N) is 2. The molecule has 100 valence electrons. The molecule has 1 rings (SSSR count). The van der Waals surface area contributed by atoms with Gasteiger partial charge in [-0.2, -0.15) is 0 Å². The van der Waals surface area contributed by atoms with Gasteiger partial charge in [-0.3, -0.25) is 4.79 Å². The van der Waals surface area contributed by atoms with Crippen LogP contribution in [0.5, 0.6) is 0 Å². The highest BCUT2D eigenvalue weighted by atomic mass is 35.5. The number of methoxy groups -OCH3 is 1. The molecule has 6 nitrogen and oxygen atoms in total. The van der Waals surface area contributed by atoms with Gasteiger partial charge in [-0.1, -0.05) is 23.4 Å². The summed E-state index contributed by atoms with van der Waals surface area (Å²) in [4.78, 5) is 18.8. The molecule has 2 unspecified atom stereocenters. The summed E-state index contributed by atoms with van der Waals surface area (Å²) >= 11 is 7.17. The molecule has 18 heavy (non-hydrogen) atoms. The lowest BCUT2D eigenvalue weighted by Gasteiger charge is -2.17. The molecule has 0 aliphatic heterocycles. The Morgan fingerprint density at radius 2 is 2.28 bits per heavy atom. The second kappa shape index (κ2) is 6.89. The number of esters is 1. The highest BCUT2D eigenvalue weighted by Crippen LogP contribution is 2.26. The third-order valence-corrected chi connectivity index (χ3v) is 3.08. The number of rotatable bonds is 5. The van der Waals surface area contributed by atoms with Gasteiger partial charge in [0.1, 0.15) is 11.3 Å². The van der Waals surface area contributed by atoms with Crippen molar-refractivity contribution in [3.8, 4) is 0 Å². The molecule has 0 radical (unpaired) electrons. The number of hydrogen-bond donors (Lipinski definition) is 2. The molecule has 0 aromatic carbocycles. The van der Waals surface area contributed by atoms with Gasteiger partial charge in [0, 0.05) is 11.8 Å². The third kappa shape index (κ3) is 3.81. The van der Waals surface area contributed by atoms with Crippen molar-refractivity contribution < 1.29 is 19.7 Å². The Kier molecular flexibility index (Phi) is 5.80. The summed E-state index contributed by atoms with van der Waals surface area (Å²) in [5.41, 5.74) is 0.172. The van der Waals surface area contributed by atoms with E-state index in [0.29, 0.717) is 5.16 Å². The standard InChI is InChI=1S/C10H13ClN2O4S/c1-17-7(15)3-6(14)8(16)5-4-12-10(18-2)13-9(5)11/h4,6,8,14,16H,3H2,1-2H3. The Balaban J connectivity index is 2.83. The lowest BCUT2D eigenvalue weighted by Crippen LogP contribution is -2.23. The van der Waals surface area contributed by atoms with Crippen LogP contribution in [0.3, 0.4) is 0 Å². The number of carbonyl (C=O) groups is 1. The topological polar surface area (TPSA) is 92.5 Å². The van der Waals surface area contributed by atoms with E-state index in [-0.39, 0.29) is 17.1 Å². The van der Waals surface area contributed by atoms with Crippen molar-refractivity contribution in [1.29, 1.82) is 0 Å². The number of thioether (sulfide) groups is 1. The van der Waals surface area contributed by atoms with E-state index < -0.39 is 18.2 Å². The summed E-state index contributed by atoms with van der Waals surface area (Å²) in [6, 6.07) is 0. The molecular formula is C10H13ClN2O4S. The van der Waals surface area contributed by atoms with Gasteiger partial charge in [0.2, 0.25) is 0 Å². The van der Waals surface area contributed by atoms with Crippen molar-refractivity contribution in [2.45, 2.75) is 23.8 Å². The normalized spacial score (nSPS) is 14.1. The van der Waals surface area contributed by atoms with Crippen molar-refractivity contribution in [2.24, 2.45) is 0 Å². The van der Waals surface area contributed by atoms with E-state index in [1.807, 2.05) is 0 Å². The van der Waals surface area contributed by atoms with Crippen LogP contribution in [-0.4, -0.2) is 45.6 Å². The minimum atomic E-state index is -1.34. The predicted octanol–water partition coefficient (Wildman–Crippen LogP) is 0.809. The molecule has 8 heteroatoms. The first kappa shape index (κ1) is 15.2. The summed E-state index contributed by atoms with van der Waals surface area (Å²) in [7, 11) is 1.20. The molecule has 1 aromatic rings. The minimum Gasteiger partial charge on any atom is -0.469 e. The summed E-state index contributed by atoms with van der Waals surface area (Å²) in [6.07, 6.45) is 0.115. The summed E-state index contributed by atoms with van der Waals surface area (Å²) < 4.78 is 4.40. The fourth-order valence-electron chi connectivity index (χ4n) is 1.23. The quantitative estimate of drug-likeness (QED) is 0.359. The van der Waals surface area contributed by atoms with Gasteiger partial charge in [0.05, 0.1) is 19.6 Å². The summed E-state index contributed by atoms with van der Waals surface area (Å²) in [6.45, 7) is 0. The molecule has 2 N–H and O–H groups in total. The molecule has 0 saturated heterocycles. The van der Waals surface area contributed by atoms with Gasteiger partial charge in [-0.05, 0) is 6.26 Å². The summed E-state index contributed by atoms with van der Waals surface area (Å²) in [5.74, 6) is -0.626. The zero-order valence-corrected chi connectivity index (χ0v) is 11.4. The lowest BCUT2D eigenvalue weighted by atomic mass is 10.1. The van der Waals surface area contributed by atoms with Crippen molar-refractivity contribution in [3.05, 3.63) is 16.9 Å². The van der Waals surface area contributed by atoms with Gasteiger partial charge >= 0.3 is 5.97 Å². The van der Waals surface area contributed by atoms with Crippen LogP contribution in [0.15, 0.2) is 11.4 Å². The van der Waals surface area contributed by atoms with Crippen LogP contribution in [0, 0.1) is 0 Å². The van der Waals surface area contributed by atoms with Crippen LogP contribution in [0.25, 0.3) is 0 Å². The Labute approximate surface area is 113 Å². The van der Waals surface area contributed by atoms with Crippen molar-refractivity contribution in [2.75, 3.05) is 13.4 Å². The Morgan fingerprint density at radius 1 is 1.61 bits per heavy atom. The molecule has 2 atom stereocenters. The van der Waals surface area contributed by atoms with Crippen molar-refractivity contribution >= 4 is 29.3 Å². The van der Waals surface area contributed by atoms with Crippen molar-refractivity contribution in [1.82, 2.24) is 9.97 Å². The zero-order chi connectivity index (χ0) is 13.7. The first-order valence-electron chi connectivity index (χ1n) is 4.99. The fourth-order valence-corrected chi connectivity index (χ4v) is 1.86. The monoisotopic (exact) mass is 292 g/mol. The second-order valence-electron chi connectivity index (χ2n) is 3.40. The SMILES string of the molecule is COC(=O)CC(O)C(O)c1cnc(SC)nc1Cl. The molecule has 1 aromatic heterocycles. The average molecular weight is 293 g/mol. The molecular weight excluding hydrogens is 280 g/mol. The molecule has 0 aliphatic rings. The van der Waals surface area contributed by atoms with E-state index in [9.17, 15) is 15.0 Å². The maximum Gasteiger partial charge on any atom is 0.308 e. The smallest absolute Gasteiger partial charge is 0.308 e. The van der Waals surface area contributed by atoms with Gasteiger partial charge in [-0.15, -0.1) is 0 Å². The number of aromatic nitrogens is 2. The molecule has 0 amide bonds. The van der Waals surface area contributed by atoms with Crippen LogP contribution < -0.4 is 0 Å².